The molecular weight excluding hydrogens is 508 g/mol. The predicted octanol–water partition coefficient (Wildman–Crippen LogP) is -0.860. The Labute approximate surface area is 218 Å². The van der Waals surface area contributed by atoms with Gasteiger partial charge in [-0.3, -0.25) is 24.0 Å². The highest BCUT2D eigenvalue weighted by Gasteiger charge is 2.35. The van der Waals surface area contributed by atoms with Gasteiger partial charge in [0, 0.05) is 62.0 Å². The number of amides is 3. The van der Waals surface area contributed by atoms with E-state index in [-0.39, 0.29) is 50.1 Å². The third-order valence-corrected chi connectivity index (χ3v) is 5.89. The minimum Gasteiger partial charge on any atom is -0.481 e. The number of thioether (sulfide) groups is 1. The second-order valence-electron chi connectivity index (χ2n) is 8.82. The first-order chi connectivity index (χ1) is 17.4. The van der Waals surface area contributed by atoms with Gasteiger partial charge in [0.2, 0.25) is 11.8 Å². The number of H-pyrrole nitrogens is 1. The Morgan fingerprint density at radius 3 is 2.51 bits per heavy atom. The molecule has 0 radical (unpaired) electrons. The molecule has 8 N–H and O–H groups in total. The molecule has 0 aliphatic rings. The summed E-state index contributed by atoms with van der Waals surface area (Å²) in [6, 6.07) is -1.13. The van der Waals surface area contributed by atoms with Gasteiger partial charge in [-0.2, -0.15) is 0 Å². The van der Waals surface area contributed by atoms with Crippen molar-refractivity contribution in [2.45, 2.75) is 51.7 Å². The number of hydrogen-bond acceptors (Lipinski definition) is 10. The predicted molar refractivity (Wildman–Crippen MR) is 134 cm³/mol. The monoisotopic (exact) mass is 544 g/mol. The number of aromatic nitrogens is 2. The number of nitrogens with one attached hydrogen (secondary N) is 4. The van der Waals surface area contributed by atoms with Crippen molar-refractivity contribution in [1.82, 2.24) is 25.9 Å². The minimum absolute atomic E-state index is 0.0289. The number of aromatic amines is 1. The van der Waals surface area contributed by atoms with Gasteiger partial charge in [0.1, 0.15) is 12.1 Å². The fourth-order valence-electron chi connectivity index (χ4n) is 2.78. The number of esters is 1. The Hall–Kier alpha value is -3.17. The van der Waals surface area contributed by atoms with E-state index >= 15 is 0 Å². The summed E-state index contributed by atoms with van der Waals surface area (Å²) in [4.78, 5) is 65.2. The lowest BCUT2D eigenvalue weighted by Crippen LogP contribution is -2.47. The number of aliphatic carboxylic acids is 1. The number of carbonyl (C=O) groups is 5. The van der Waals surface area contributed by atoms with Crippen LogP contribution in [0.2, 0.25) is 0 Å². The van der Waals surface area contributed by atoms with Crippen molar-refractivity contribution in [3.05, 3.63) is 18.2 Å². The molecule has 0 aliphatic carbocycles. The number of carboxylic acids is 1. The summed E-state index contributed by atoms with van der Waals surface area (Å²) in [5.41, 5.74) is 5.33. The highest BCUT2D eigenvalue weighted by molar-refractivity contribution is 8.13. The van der Waals surface area contributed by atoms with Crippen molar-refractivity contribution in [3.63, 3.8) is 0 Å². The molecule has 37 heavy (non-hydrogen) atoms. The number of rotatable bonds is 17. The second-order valence-corrected chi connectivity index (χ2v) is 9.89. The van der Waals surface area contributed by atoms with Gasteiger partial charge in [-0.1, -0.05) is 25.6 Å². The molecule has 0 spiro atoms. The average Bonchev–Trinajstić information content (AvgIpc) is 3.36. The number of ether oxygens (including phenoxy) is 1. The number of imidazole rings is 1. The Morgan fingerprint density at radius 1 is 1.14 bits per heavy atom. The van der Waals surface area contributed by atoms with Crippen molar-refractivity contribution in [3.8, 4) is 0 Å². The summed E-state index contributed by atoms with van der Waals surface area (Å²) in [5, 5.41) is 26.6. The summed E-state index contributed by atoms with van der Waals surface area (Å²) < 4.78 is 5.03. The lowest BCUT2D eigenvalue weighted by molar-refractivity contribution is -0.154. The Bertz CT molecular complexity index is 896. The first-order valence-corrected chi connectivity index (χ1v) is 12.6. The van der Waals surface area contributed by atoms with Crippen LogP contribution in [0.15, 0.2) is 12.5 Å². The number of hydrogen-bond donors (Lipinski definition) is 7. The lowest BCUT2D eigenvalue weighted by Gasteiger charge is -2.29. The van der Waals surface area contributed by atoms with Gasteiger partial charge in [-0.15, -0.1) is 0 Å². The molecule has 1 heterocycles. The molecule has 1 rings (SSSR count). The summed E-state index contributed by atoms with van der Waals surface area (Å²) in [5.74, 6) is -2.63. The van der Waals surface area contributed by atoms with Gasteiger partial charge in [0.15, 0.2) is 0 Å². The number of carbonyl (C=O) groups excluding carboxylic acids is 4. The normalized spacial score (nSPS) is 12.8. The van der Waals surface area contributed by atoms with Crippen molar-refractivity contribution in [2.24, 2.45) is 11.1 Å². The fraction of sp³-hybridized carbons (Fsp3) is 0.636. The van der Waals surface area contributed by atoms with E-state index in [4.69, 9.17) is 15.6 Å². The molecule has 0 saturated carbocycles. The van der Waals surface area contributed by atoms with Crippen LogP contribution in [0.25, 0.3) is 0 Å². The van der Waals surface area contributed by atoms with E-state index in [0.29, 0.717) is 18.7 Å². The summed E-state index contributed by atoms with van der Waals surface area (Å²) in [6.45, 7) is 3.39. The van der Waals surface area contributed by atoms with E-state index in [1.54, 1.807) is 12.5 Å². The van der Waals surface area contributed by atoms with Crippen LogP contribution in [0, 0.1) is 5.41 Å². The van der Waals surface area contributed by atoms with E-state index in [0.717, 1.165) is 17.5 Å². The second kappa shape index (κ2) is 16.6. The van der Waals surface area contributed by atoms with Crippen molar-refractivity contribution in [1.29, 1.82) is 0 Å². The van der Waals surface area contributed by atoms with Crippen molar-refractivity contribution >= 4 is 40.8 Å². The summed E-state index contributed by atoms with van der Waals surface area (Å²) in [7, 11) is 0. The maximum absolute atomic E-state index is 12.2. The zero-order valence-electron chi connectivity index (χ0n) is 21.0. The van der Waals surface area contributed by atoms with Gasteiger partial charge in [-0.05, 0) is 6.42 Å². The van der Waals surface area contributed by atoms with E-state index in [9.17, 15) is 29.1 Å². The van der Waals surface area contributed by atoms with Crippen LogP contribution in [0.3, 0.4) is 0 Å². The molecule has 2 atom stereocenters. The highest BCUT2D eigenvalue weighted by Crippen LogP contribution is 2.22. The van der Waals surface area contributed by atoms with Crippen LogP contribution in [-0.4, -0.2) is 93.3 Å². The molecule has 0 fully saturated rings. The van der Waals surface area contributed by atoms with Gasteiger partial charge in [0.25, 0.3) is 5.24 Å². The fourth-order valence-corrected chi connectivity index (χ4v) is 3.38. The molecule has 1 aromatic rings. The average molecular weight is 545 g/mol. The van der Waals surface area contributed by atoms with E-state index in [1.807, 2.05) is 0 Å². The van der Waals surface area contributed by atoms with Crippen LogP contribution in [0.4, 0.5) is 4.79 Å². The largest absolute Gasteiger partial charge is 0.481 e. The molecule has 0 unspecified atom stereocenters. The molecule has 1 aromatic heterocycles. The zero-order chi connectivity index (χ0) is 27.8. The van der Waals surface area contributed by atoms with E-state index in [1.165, 1.54) is 13.8 Å². The molecule has 0 aromatic carbocycles. The molecule has 3 amide bonds. The number of nitrogens with zero attached hydrogens (tertiary/aromatic N) is 1. The standard InChI is InChI=1S/C22H36N6O8S/c1-22(2,12-36-20(34)15(23)3-4-17(30)31)18(32)19(33)26-8-6-16(29)25-9-10-37-21(35)27-7-5-14-11-24-13-28-14/h11,13,15,18,32H,3-10,12,23H2,1-2H3,(H,24,28)(H,25,29)(H,26,33)(H,27,35)(H,30,31)/t15-,18-/m0/s1. The maximum Gasteiger partial charge on any atom is 0.322 e. The zero-order valence-corrected chi connectivity index (χ0v) is 21.8. The topological polar surface area (TPSA) is 226 Å². The molecule has 14 nitrogen and oxygen atoms in total. The first kappa shape index (κ1) is 31.9. The van der Waals surface area contributed by atoms with Crippen molar-refractivity contribution < 1.29 is 38.9 Å². The van der Waals surface area contributed by atoms with Crippen molar-refractivity contribution in [2.75, 3.05) is 32.0 Å². The molecule has 15 heteroatoms. The van der Waals surface area contributed by atoms with Crippen LogP contribution in [0.5, 0.6) is 0 Å². The van der Waals surface area contributed by atoms with Gasteiger partial charge in [0.05, 0.1) is 12.9 Å². The van der Waals surface area contributed by atoms with Crippen LogP contribution in [0.1, 0.15) is 38.8 Å². The van der Waals surface area contributed by atoms with Crippen LogP contribution >= 0.6 is 11.8 Å². The van der Waals surface area contributed by atoms with Gasteiger partial charge >= 0.3 is 11.9 Å². The molecular formula is C22H36N6O8S. The Balaban J connectivity index is 2.19. The molecule has 0 saturated heterocycles. The third-order valence-electron chi connectivity index (χ3n) is 5.07. The molecule has 0 bridgehead atoms. The van der Waals surface area contributed by atoms with E-state index in [2.05, 4.69) is 25.9 Å². The van der Waals surface area contributed by atoms with Crippen LogP contribution in [-0.2, 0) is 30.3 Å². The number of carboxylic acid groups (broad SMARTS) is 1. The summed E-state index contributed by atoms with van der Waals surface area (Å²) >= 11 is 1.04. The number of aliphatic hydroxyl groups is 1. The van der Waals surface area contributed by atoms with Gasteiger partial charge < -0.3 is 41.6 Å². The number of nitrogens with two attached hydrogens (primary N) is 1. The third kappa shape index (κ3) is 13.6. The van der Waals surface area contributed by atoms with E-state index < -0.39 is 35.4 Å². The Morgan fingerprint density at radius 2 is 1.86 bits per heavy atom. The molecule has 0 aliphatic heterocycles. The minimum atomic E-state index is -1.54. The van der Waals surface area contributed by atoms with Crippen LogP contribution < -0.4 is 21.7 Å². The lowest BCUT2D eigenvalue weighted by atomic mass is 9.87. The quantitative estimate of drug-likeness (QED) is 0.0943. The molecule has 208 valence electrons. The number of aliphatic hydroxyl groups excluding tert-OH is 1. The summed E-state index contributed by atoms with van der Waals surface area (Å²) in [6.07, 6.45) is 1.91. The maximum atomic E-state index is 12.2. The smallest absolute Gasteiger partial charge is 0.322 e. The van der Waals surface area contributed by atoms with Gasteiger partial charge in [-0.25, -0.2) is 4.98 Å². The first-order valence-electron chi connectivity index (χ1n) is 11.7. The highest BCUT2D eigenvalue weighted by atomic mass is 32.2. The Kier molecular flexibility index (Phi) is 14.3. The SMILES string of the molecule is CC(C)(COC(=O)[C@@H](N)CCC(=O)O)[C@@H](O)C(=O)NCCC(=O)NCCSC(=O)NCCc1cnc[nH]1.